The standard InChI is InChI=1S/C23H25N3O5S/c1-17-7-14-21(15-8-17)32(30,31)25-22(16-9-18-5-3-2-4-6-18)24-23(27)19-10-12-20(13-11-19)26(28)29/h7-16,18H,2-6H2,1H3,(H,24,25,27)/b16-9+. The highest BCUT2D eigenvalue weighted by atomic mass is 32.2. The predicted octanol–water partition coefficient (Wildman–Crippen LogP) is 4.56. The van der Waals surface area contributed by atoms with E-state index in [-0.39, 0.29) is 22.0 Å². The van der Waals surface area contributed by atoms with Crippen LogP contribution in [0.4, 0.5) is 5.69 Å². The number of carbonyl (C=O) groups is 1. The summed E-state index contributed by atoms with van der Waals surface area (Å²) in [6.07, 6.45) is 8.83. The molecule has 0 bridgehead atoms. The number of carbonyl (C=O) groups excluding carboxylic acids is 1. The number of allylic oxidation sites excluding steroid dienone is 1. The van der Waals surface area contributed by atoms with E-state index in [0.717, 1.165) is 31.2 Å². The van der Waals surface area contributed by atoms with Gasteiger partial charge in [0.25, 0.3) is 21.6 Å². The Bertz CT molecular complexity index is 1130. The smallest absolute Gasteiger partial charge is 0.284 e. The summed E-state index contributed by atoms with van der Waals surface area (Å²) in [5.74, 6) is -0.405. The summed E-state index contributed by atoms with van der Waals surface area (Å²) in [6, 6.07) is 11.3. The molecule has 9 heteroatoms. The maximum Gasteiger partial charge on any atom is 0.284 e. The fraction of sp³-hybridized carbons (Fsp3) is 0.304. The van der Waals surface area contributed by atoms with Gasteiger partial charge in [0, 0.05) is 17.7 Å². The molecule has 1 saturated carbocycles. The first-order chi connectivity index (χ1) is 15.2. The number of aryl methyl sites for hydroxylation is 1. The molecule has 3 rings (SSSR count). The van der Waals surface area contributed by atoms with Gasteiger partial charge in [-0.2, -0.15) is 8.42 Å². The van der Waals surface area contributed by atoms with Crippen LogP contribution in [-0.2, 0) is 10.0 Å². The number of hydrogen-bond acceptors (Lipinski definition) is 5. The molecule has 1 N–H and O–H groups in total. The lowest BCUT2D eigenvalue weighted by molar-refractivity contribution is -0.384. The molecule has 1 amide bonds. The number of amidine groups is 1. The maximum atomic E-state index is 12.8. The summed E-state index contributed by atoms with van der Waals surface area (Å²) in [7, 11) is -4.04. The first kappa shape index (κ1) is 23.3. The minimum atomic E-state index is -4.04. The minimum absolute atomic E-state index is 0.0243. The quantitative estimate of drug-likeness (QED) is 0.296. The highest BCUT2D eigenvalue weighted by molar-refractivity contribution is 7.90. The molecule has 0 unspecified atom stereocenters. The van der Waals surface area contributed by atoms with E-state index in [1.807, 2.05) is 13.0 Å². The van der Waals surface area contributed by atoms with Gasteiger partial charge in [0.2, 0.25) is 0 Å². The normalized spacial score (nSPS) is 15.6. The molecular formula is C23H25N3O5S. The molecule has 0 aliphatic heterocycles. The van der Waals surface area contributed by atoms with Crippen LogP contribution in [0.15, 0.2) is 70.0 Å². The average molecular weight is 456 g/mol. The van der Waals surface area contributed by atoms with Gasteiger partial charge < -0.3 is 5.32 Å². The number of sulfonamides is 1. The number of nitro benzene ring substituents is 1. The second kappa shape index (κ2) is 10.3. The van der Waals surface area contributed by atoms with Gasteiger partial charge in [-0.25, -0.2) is 0 Å². The zero-order valence-electron chi connectivity index (χ0n) is 17.7. The van der Waals surface area contributed by atoms with E-state index >= 15 is 0 Å². The zero-order chi connectivity index (χ0) is 23.1. The third kappa shape index (κ3) is 6.34. The van der Waals surface area contributed by atoms with Crippen LogP contribution >= 0.6 is 0 Å². The molecule has 8 nitrogen and oxygen atoms in total. The lowest BCUT2D eigenvalue weighted by Gasteiger charge is -2.17. The molecular weight excluding hydrogens is 430 g/mol. The third-order valence-corrected chi connectivity index (χ3v) is 6.60. The number of amides is 1. The molecule has 32 heavy (non-hydrogen) atoms. The lowest BCUT2D eigenvalue weighted by atomic mass is 9.89. The van der Waals surface area contributed by atoms with E-state index < -0.39 is 20.9 Å². The largest absolute Gasteiger partial charge is 0.306 e. The van der Waals surface area contributed by atoms with Crippen LogP contribution in [0.3, 0.4) is 0 Å². The molecule has 0 heterocycles. The van der Waals surface area contributed by atoms with Crippen LogP contribution in [0.2, 0.25) is 0 Å². The number of nitro groups is 1. The molecule has 0 aromatic heterocycles. The molecule has 0 radical (unpaired) electrons. The van der Waals surface area contributed by atoms with Crippen molar-refractivity contribution < 1.29 is 18.1 Å². The van der Waals surface area contributed by atoms with E-state index in [1.54, 1.807) is 12.1 Å². The van der Waals surface area contributed by atoms with Gasteiger partial charge >= 0.3 is 0 Å². The van der Waals surface area contributed by atoms with Crippen molar-refractivity contribution in [3.05, 3.63) is 81.9 Å². The van der Waals surface area contributed by atoms with E-state index in [9.17, 15) is 23.3 Å². The lowest BCUT2D eigenvalue weighted by Crippen LogP contribution is -2.30. The van der Waals surface area contributed by atoms with Gasteiger partial charge in [-0.15, -0.1) is 4.40 Å². The van der Waals surface area contributed by atoms with E-state index in [0.29, 0.717) is 5.92 Å². The number of non-ortho nitro benzene ring substituents is 1. The summed E-state index contributed by atoms with van der Waals surface area (Å²) in [6.45, 7) is 1.85. The number of rotatable bonds is 6. The second-order valence-electron chi connectivity index (χ2n) is 7.78. The zero-order valence-corrected chi connectivity index (χ0v) is 18.5. The highest BCUT2D eigenvalue weighted by Gasteiger charge is 2.17. The molecule has 168 valence electrons. The van der Waals surface area contributed by atoms with E-state index in [4.69, 9.17) is 0 Å². The van der Waals surface area contributed by atoms with E-state index in [1.165, 1.54) is 48.9 Å². The van der Waals surface area contributed by atoms with Gasteiger partial charge in [-0.1, -0.05) is 43.0 Å². The Morgan fingerprint density at radius 2 is 1.69 bits per heavy atom. The Kier molecular flexibility index (Phi) is 7.53. The number of nitrogens with zero attached hydrogens (tertiary/aromatic N) is 2. The molecule has 0 atom stereocenters. The van der Waals surface area contributed by atoms with Crippen molar-refractivity contribution in [2.45, 2.75) is 43.9 Å². The monoisotopic (exact) mass is 455 g/mol. The third-order valence-electron chi connectivity index (χ3n) is 5.30. The van der Waals surface area contributed by atoms with Gasteiger partial charge in [0.1, 0.15) is 5.84 Å². The Morgan fingerprint density at radius 3 is 2.28 bits per heavy atom. The second-order valence-corrected chi connectivity index (χ2v) is 9.38. The average Bonchev–Trinajstić information content (AvgIpc) is 2.78. The van der Waals surface area contributed by atoms with Crippen LogP contribution in [0.25, 0.3) is 0 Å². The van der Waals surface area contributed by atoms with Crippen LogP contribution in [0.5, 0.6) is 0 Å². The fourth-order valence-corrected chi connectivity index (χ4v) is 4.42. The van der Waals surface area contributed by atoms with Crippen molar-refractivity contribution in [1.29, 1.82) is 0 Å². The molecule has 2 aromatic rings. The molecule has 0 spiro atoms. The van der Waals surface area contributed by atoms with Crippen LogP contribution in [0.1, 0.15) is 48.0 Å². The van der Waals surface area contributed by atoms with Crippen molar-refractivity contribution in [3.63, 3.8) is 0 Å². The molecule has 1 aliphatic rings. The summed E-state index contributed by atoms with van der Waals surface area (Å²) in [5.41, 5.74) is 0.925. The van der Waals surface area contributed by atoms with Crippen molar-refractivity contribution in [3.8, 4) is 0 Å². The molecule has 1 aliphatic carbocycles. The van der Waals surface area contributed by atoms with E-state index in [2.05, 4.69) is 9.71 Å². The van der Waals surface area contributed by atoms with Gasteiger partial charge in [-0.05, 0) is 56.0 Å². The first-order valence-electron chi connectivity index (χ1n) is 10.4. The van der Waals surface area contributed by atoms with Crippen LogP contribution in [0, 0.1) is 23.0 Å². The number of benzene rings is 2. The Balaban J connectivity index is 1.88. The van der Waals surface area contributed by atoms with Crippen LogP contribution < -0.4 is 5.32 Å². The van der Waals surface area contributed by atoms with Gasteiger partial charge in [0.05, 0.1) is 9.82 Å². The number of nitrogens with one attached hydrogen (secondary N) is 1. The summed E-state index contributed by atoms with van der Waals surface area (Å²) >= 11 is 0. The predicted molar refractivity (Wildman–Crippen MR) is 122 cm³/mol. The van der Waals surface area contributed by atoms with Crippen molar-refractivity contribution in [2.75, 3.05) is 0 Å². The Hall–Kier alpha value is -3.33. The number of hydrogen-bond donors (Lipinski definition) is 1. The minimum Gasteiger partial charge on any atom is -0.306 e. The first-order valence-corrected chi connectivity index (χ1v) is 11.8. The van der Waals surface area contributed by atoms with Crippen LogP contribution in [-0.4, -0.2) is 25.1 Å². The molecule has 0 saturated heterocycles. The fourth-order valence-electron chi connectivity index (χ4n) is 3.46. The van der Waals surface area contributed by atoms with Gasteiger partial charge in [-0.3, -0.25) is 14.9 Å². The maximum absolute atomic E-state index is 12.8. The van der Waals surface area contributed by atoms with Crippen molar-refractivity contribution in [1.82, 2.24) is 5.32 Å². The van der Waals surface area contributed by atoms with Crippen molar-refractivity contribution in [2.24, 2.45) is 10.3 Å². The molecule has 2 aromatic carbocycles. The highest BCUT2D eigenvalue weighted by Crippen LogP contribution is 2.24. The summed E-state index contributed by atoms with van der Waals surface area (Å²) in [4.78, 5) is 22.9. The molecule has 1 fully saturated rings. The topological polar surface area (TPSA) is 119 Å². The Morgan fingerprint density at radius 1 is 1.06 bits per heavy atom. The van der Waals surface area contributed by atoms with Gasteiger partial charge in [0.15, 0.2) is 0 Å². The summed E-state index contributed by atoms with van der Waals surface area (Å²) < 4.78 is 29.5. The SMILES string of the molecule is Cc1ccc(S(=O)(=O)/N=C(\C=C\C2CCCCC2)NC(=O)c2ccc([N+](=O)[O-])cc2)cc1. The van der Waals surface area contributed by atoms with Crippen molar-refractivity contribution >= 4 is 27.5 Å². The Labute approximate surface area is 187 Å². The summed E-state index contributed by atoms with van der Waals surface area (Å²) in [5, 5.41) is 13.4.